The van der Waals surface area contributed by atoms with Crippen molar-refractivity contribution in [2.24, 2.45) is 5.92 Å². The van der Waals surface area contributed by atoms with Gasteiger partial charge < -0.3 is 19.4 Å². The molecule has 1 aromatic carbocycles. The molecule has 0 unspecified atom stereocenters. The van der Waals surface area contributed by atoms with Crippen LogP contribution < -0.4 is 0 Å². The van der Waals surface area contributed by atoms with Gasteiger partial charge in [0.2, 0.25) is 5.91 Å². The second kappa shape index (κ2) is 5.86. The second-order valence-corrected chi connectivity index (χ2v) is 6.80. The van der Waals surface area contributed by atoms with Crippen molar-refractivity contribution in [2.45, 2.75) is 24.8 Å². The van der Waals surface area contributed by atoms with Gasteiger partial charge in [0.25, 0.3) is 0 Å². The molecule has 136 valence electrons. The minimum Gasteiger partial charge on any atom is -0.469 e. The first-order valence-corrected chi connectivity index (χ1v) is 8.59. The molecule has 2 aromatic rings. The van der Waals surface area contributed by atoms with Gasteiger partial charge in [0.1, 0.15) is 0 Å². The minimum atomic E-state index is -1.21. The zero-order valence-corrected chi connectivity index (χ0v) is 14.7. The van der Waals surface area contributed by atoms with Crippen LogP contribution in [0.2, 0.25) is 0 Å². The third-order valence-electron chi connectivity index (χ3n) is 5.59. The number of aromatic amines is 1. The molecule has 0 radical (unpaired) electrons. The first kappa shape index (κ1) is 16.6. The maximum absolute atomic E-state index is 12.9. The number of carbonyl (C=O) groups is 3. The lowest BCUT2D eigenvalue weighted by Crippen LogP contribution is -2.53. The number of nitrogens with one attached hydrogen (secondary N) is 1. The van der Waals surface area contributed by atoms with Crippen LogP contribution in [-0.2, 0) is 35.8 Å². The van der Waals surface area contributed by atoms with Crippen molar-refractivity contribution in [1.82, 2.24) is 9.88 Å². The maximum atomic E-state index is 12.9. The lowest BCUT2D eigenvalue weighted by molar-refractivity contribution is -0.159. The summed E-state index contributed by atoms with van der Waals surface area (Å²) in [6.07, 6.45) is 0.808. The maximum Gasteiger partial charge on any atom is 0.338 e. The Balaban J connectivity index is 1.88. The molecule has 1 saturated heterocycles. The molecule has 1 N–H and O–H groups in total. The van der Waals surface area contributed by atoms with Gasteiger partial charge in [-0.15, -0.1) is 0 Å². The predicted octanol–water partition coefficient (Wildman–Crippen LogP) is 1.50. The number of fused-ring (bicyclic) bond motifs is 5. The van der Waals surface area contributed by atoms with E-state index in [4.69, 9.17) is 9.47 Å². The highest BCUT2D eigenvalue weighted by molar-refractivity contribution is 5.98. The molecule has 4 rings (SSSR count). The molecular weight excluding hydrogens is 336 g/mol. The standard InChI is InChI=1S/C19H20N2O5/c1-25-15(22)9-11-10-19(18(24)26-2)16-13(7-8-21(19)17(11)23)12-5-3-4-6-14(12)20-16/h3-6,11,20H,7-10H2,1-2H3/t11-,19+/m1/s1. The topological polar surface area (TPSA) is 88.7 Å². The van der Waals surface area contributed by atoms with E-state index in [2.05, 4.69) is 4.98 Å². The number of hydrogen-bond acceptors (Lipinski definition) is 5. The van der Waals surface area contributed by atoms with E-state index < -0.39 is 23.4 Å². The van der Waals surface area contributed by atoms with Crippen LogP contribution in [0.15, 0.2) is 24.3 Å². The number of carbonyl (C=O) groups excluding carboxylic acids is 3. The number of para-hydroxylation sites is 1. The Labute approximate surface area is 150 Å². The summed E-state index contributed by atoms with van der Waals surface area (Å²) in [6, 6.07) is 7.83. The van der Waals surface area contributed by atoms with E-state index >= 15 is 0 Å². The number of methoxy groups -OCH3 is 2. The van der Waals surface area contributed by atoms with E-state index in [-0.39, 0.29) is 18.7 Å². The molecule has 2 atom stereocenters. The van der Waals surface area contributed by atoms with Crippen LogP contribution in [0.1, 0.15) is 24.1 Å². The van der Waals surface area contributed by atoms with Crippen LogP contribution in [0.25, 0.3) is 10.9 Å². The van der Waals surface area contributed by atoms with Crippen LogP contribution in [0, 0.1) is 5.92 Å². The molecule has 2 aliphatic rings. The summed E-state index contributed by atoms with van der Waals surface area (Å²) in [6.45, 7) is 0.417. The molecule has 1 fully saturated rings. The van der Waals surface area contributed by atoms with E-state index in [0.717, 1.165) is 16.5 Å². The monoisotopic (exact) mass is 356 g/mol. The van der Waals surface area contributed by atoms with Gasteiger partial charge in [-0.25, -0.2) is 4.79 Å². The molecular formula is C19H20N2O5. The summed E-state index contributed by atoms with van der Waals surface area (Å²) in [5.74, 6) is -1.74. The Morgan fingerprint density at radius 1 is 1.27 bits per heavy atom. The van der Waals surface area contributed by atoms with Crippen molar-refractivity contribution >= 4 is 28.7 Å². The highest BCUT2D eigenvalue weighted by Gasteiger charge is 2.61. The zero-order valence-electron chi connectivity index (χ0n) is 14.7. The van der Waals surface area contributed by atoms with Gasteiger partial charge in [0.05, 0.1) is 32.3 Å². The molecule has 7 nitrogen and oxygen atoms in total. The number of esters is 2. The van der Waals surface area contributed by atoms with E-state index in [1.807, 2.05) is 24.3 Å². The van der Waals surface area contributed by atoms with Gasteiger partial charge in [-0.2, -0.15) is 0 Å². The third kappa shape index (κ3) is 2.09. The molecule has 0 bridgehead atoms. The van der Waals surface area contributed by atoms with Crippen molar-refractivity contribution < 1.29 is 23.9 Å². The largest absolute Gasteiger partial charge is 0.469 e. The van der Waals surface area contributed by atoms with Crippen molar-refractivity contribution in [1.29, 1.82) is 0 Å². The lowest BCUT2D eigenvalue weighted by Gasteiger charge is -2.39. The van der Waals surface area contributed by atoms with Crippen molar-refractivity contribution in [3.05, 3.63) is 35.5 Å². The third-order valence-corrected chi connectivity index (χ3v) is 5.59. The van der Waals surface area contributed by atoms with Gasteiger partial charge in [0, 0.05) is 17.4 Å². The fourth-order valence-electron chi connectivity index (χ4n) is 4.45. The molecule has 2 aliphatic heterocycles. The highest BCUT2D eigenvalue weighted by Crippen LogP contribution is 2.49. The van der Waals surface area contributed by atoms with Crippen LogP contribution in [-0.4, -0.2) is 48.5 Å². The average Bonchev–Trinajstić information content (AvgIpc) is 3.18. The van der Waals surface area contributed by atoms with Crippen molar-refractivity contribution in [3.8, 4) is 0 Å². The highest BCUT2D eigenvalue weighted by atomic mass is 16.5. The lowest BCUT2D eigenvalue weighted by atomic mass is 9.82. The number of nitrogens with zero attached hydrogens (tertiary/aromatic N) is 1. The number of H-pyrrole nitrogens is 1. The van der Waals surface area contributed by atoms with E-state index in [0.29, 0.717) is 18.7 Å². The molecule has 0 spiro atoms. The fraction of sp³-hybridized carbons (Fsp3) is 0.421. The number of benzene rings is 1. The number of ether oxygens (including phenoxy) is 2. The molecule has 7 heteroatoms. The molecule has 1 aromatic heterocycles. The number of rotatable bonds is 3. The van der Waals surface area contributed by atoms with E-state index in [1.165, 1.54) is 14.2 Å². The number of hydrogen-bond donors (Lipinski definition) is 1. The first-order chi connectivity index (χ1) is 12.5. The minimum absolute atomic E-state index is 0.0415. The molecule has 0 saturated carbocycles. The van der Waals surface area contributed by atoms with Gasteiger partial charge in [-0.3, -0.25) is 9.59 Å². The summed E-state index contributed by atoms with van der Waals surface area (Å²) in [5.41, 5.74) is 1.45. The van der Waals surface area contributed by atoms with Crippen molar-refractivity contribution in [3.63, 3.8) is 0 Å². The summed E-state index contributed by atoms with van der Waals surface area (Å²) < 4.78 is 9.82. The number of amides is 1. The van der Waals surface area contributed by atoms with Gasteiger partial charge in [-0.05, 0) is 24.5 Å². The summed E-state index contributed by atoms with van der Waals surface area (Å²) in [4.78, 5) is 42.5. The number of aromatic nitrogens is 1. The van der Waals surface area contributed by atoms with Gasteiger partial charge >= 0.3 is 11.9 Å². The van der Waals surface area contributed by atoms with Gasteiger partial charge in [0.15, 0.2) is 5.54 Å². The summed E-state index contributed by atoms with van der Waals surface area (Å²) in [5, 5.41) is 1.05. The second-order valence-electron chi connectivity index (χ2n) is 6.80. The Bertz CT molecular complexity index is 918. The molecule has 26 heavy (non-hydrogen) atoms. The molecule has 1 amide bonds. The zero-order chi connectivity index (χ0) is 18.5. The summed E-state index contributed by atoms with van der Waals surface area (Å²) >= 11 is 0. The van der Waals surface area contributed by atoms with Crippen molar-refractivity contribution in [2.75, 3.05) is 20.8 Å². The van der Waals surface area contributed by atoms with E-state index in [1.54, 1.807) is 4.90 Å². The fourth-order valence-corrected chi connectivity index (χ4v) is 4.45. The average molecular weight is 356 g/mol. The predicted molar refractivity (Wildman–Crippen MR) is 92.1 cm³/mol. The van der Waals surface area contributed by atoms with Crippen LogP contribution in [0.4, 0.5) is 0 Å². The van der Waals surface area contributed by atoms with Crippen LogP contribution >= 0.6 is 0 Å². The Kier molecular flexibility index (Phi) is 3.75. The Morgan fingerprint density at radius 3 is 2.77 bits per heavy atom. The quantitative estimate of drug-likeness (QED) is 0.842. The molecule has 3 heterocycles. The van der Waals surface area contributed by atoms with Crippen LogP contribution in [0.3, 0.4) is 0 Å². The normalized spacial score (nSPS) is 24.3. The summed E-state index contributed by atoms with van der Waals surface area (Å²) in [7, 11) is 2.62. The Morgan fingerprint density at radius 2 is 2.04 bits per heavy atom. The molecule has 0 aliphatic carbocycles. The Hall–Kier alpha value is -2.83. The van der Waals surface area contributed by atoms with Crippen LogP contribution in [0.5, 0.6) is 0 Å². The SMILES string of the molecule is COC(=O)C[C@@H]1C[C@@]2(C(=O)OC)c3[nH]c4ccccc4c3CCN2C1=O. The van der Waals surface area contributed by atoms with E-state index in [9.17, 15) is 14.4 Å². The first-order valence-electron chi connectivity index (χ1n) is 8.59. The smallest absolute Gasteiger partial charge is 0.338 e. The van der Waals surface area contributed by atoms with Gasteiger partial charge in [-0.1, -0.05) is 18.2 Å².